The summed E-state index contributed by atoms with van der Waals surface area (Å²) in [7, 11) is 1.43. The largest absolute Gasteiger partial charge is 0.490 e. The number of hydrogen-bond donors (Lipinski definition) is 1. The van der Waals surface area contributed by atoms with Crippen LogP contribution in [0.1, 0.15) is 50.5 Å². The smallest absolute Gasteiger partial charge is 0.261 e. The molecule has 3 amide bonds. The Morgan fingerprint density at radius 3 is 2.34 bits per heavy atom. The van der Waals surface area contributed by atoms with E-state index in [9.17, 15) is 14.4 Å². The zero-order valence-corrected chi connectivity index (χ0v) is 16.8. The fraction of sp³-hybridized carbons (Fsp3) is 0.318. The van der Waals surface area contributed by atoms with Crippen LogP contribution in [0.4, 0.5) is 0 Å². The molecule has 1 N–H and O–H groups in total. The van der Waals surface area contributed by atoms with Crippen molar-refractivity contribution in [3.8, 4) is 11.5 Å². The number of ether oxygens (including phenoxy) is 2. The minimum Gasteiger partial charge on any atom is -0.490 e. The van der Waals surface area contributed by atoms with Crippen LogP contribution in [0, 0.1) is 0 Å². The maximum Gasteiger partial charge on any atom is 0.261 e. The van der Waals surface area contributed by atoms with Gasteiger partial charge in [-0.25, -0.2) is 0 Å². The molecule has 0 aliphatic carbocycles. The van der Waals surface area contributed by atoms with E-state index in [0.29, 0.717) is 48.8 Å². The Labute approximate surface area is 169 Å². The molecule has 1 aliphatic rings. The second-order valence-electron chi connectivity index (χ2n) is 6.58. The van der Waals surface area contributed by atoms with E-state index in [0.717, 1.165) is 10.5 Å². The van der Waals surface area contributed by atoms with E-state index < -0.39 is 5.91 Å². The van der Waals surface area contributed by atoms with Crippen molar-refractivity contribution in [1.29, 1.82) is 0 Å². The highest BCUT2D eigenvalue weighted by Gasteiger charge is 2.33. The summed E-state index contributed by atoms with van der Waals surface area (Å²) in [5.41, 5.74) is 1.94. The monoisotopic (exact) mass is 396 g/mol. The molecule has 0 fully saturated rings. The van der Waals surface area contributed by atoms with E-state index in [2.05, 4.69) is 5.32 Å². The summed E-state index contributed by atoms with van der Waals surface area (Å²) in [4.78, 5) is 37.5. The highest BCUT2D eigenvalue weighted by Crippen LogP contribution is 2.28. The van der Waals surface area contributed by atoms with Crippen molar-refractivity contribution >= 4 is 17.7 Å². The molecule has 2 aromatic rings. The molecule has 0 spiro atoms. The van der Waals surface area contributed by atoms with Crippen LogP contribution < -0.4 is 14.8 Å². The van der Waals surface area contributed by atoms with Gasteiger partial charge in [0.1, 0.15) is 0 Å². The van der Waals surface area contributed by atoms with Gasteiger partial charge in [-0.1, -0.05) is 6.07 Å². The van der Waals surface area contributed by atoms with Gasteiger partial charge in [-0.15, -0.1) is 0 Å². The number of carbonyl (C=O) groups excluding carboxylic acids is 3. The Morgan fingerprint density at radius 2 is 1.62 bits per heavy atom. The van der Waals surface area contributed by atoms with Gasteiger partial charge in [0.15, 0.2) is 11.5 Å². The van der Waals surface area contributed by atoms with Crippen LogP contribution in [0.15, 0.2) is 36.4 Å². The molecule has 0 bridgehead atoms. The number of carbonyl (C=O) groups is 3. The van der Waals surface area contributed by atoms with E-state index in [1.165, 1.54) is 19.2 Å². The zero-order chi connectivity index (χ0) is 21.0. The first-order valence-electron chi connectivity index (χ1n) is 9.59. The topological polar surface area (TPSA) is 84.9 Å². The molecule has 7 nitrogen and oxygen atoms in total. The molecule has 0 unspecified atom stereocenters. The number of nitrogens with one attached hydrogen (secondary N) is 1. The van der Waals surface area contributed by atoms with Gasteiger partial charge in [0.25, 0.3) is 17.7 Å². The third-order valence-electron chi connectivity index (χ3n) is 4.66. The lowest BCUT2D eigenvalue weighted by molar-refractivity contribution is 0.0693. The maximum absolute atomic E-state index is 12.4. The number of rotatable bonds is 8. The average Bonchev–Trinajstić information content (AvgIpc) is 2.94. The van der Waals surface area contributed by atoms with E-state index in [1.54, 1.807) is 6.07 Å². The molecule has 152 valence electrons. The minimum atomic E-state index is -0.391. The number of amides is 3. The molecule has 7 heteroatoms. The molecule has 0 radical (unpaired) electrons. The van der Waals surface area contributed by atoms with Gasteiger partial charge in [-0.2, -0.15) is 0 Å². The Balaban J connectivity index is 1.63. The van der Waals surface area contributed by atoms with Crippen molar-refractivity contribution in [3.63, 3.8) is 0 Å². The van der Waals surface area contributed by atoms with Gasteiger partial charge in [0.2, 0.25) is 0 Å². The summed E-state index contributed by atoms with van der Waals surface area (Å²) in [5.74, 6) is 0.349. The first kappa shape index (κ1) is 20.4. The Morgan fingerprint density at radius 1 is 0.931 bits per heavy atom. The van der Waals surface area contributed by atoms with E-state index >= 15 is 0 Å². The fourth-order valence-electron chi connectivity index (χ4n) is 3.18. The molecule has 3 rings (SSSR count). The summed E-state index contributed by atoms with van der Waals surface area (Å²) in [6.07, 6.45) is 0.614. The maximum atomic E-state index is 12.4. The first-order chi connectivity index (χ1) is 14.0. The standard InChI is InChI=1S/C22H24N2O5/c1-4-28-18-9-6-14(12-19(18)29-5-2)10-11-23-20(25)15-7-8-16-17(13-15)22(27)24(3)21(16)26/h6-9,12-13H,4-5,10-11H2,1-3H3,(H,23,25). The van der Waals surface area contributed by atoms with E-state index in [-0.39, 0.29) is 17.4 Å². The van der Waals surface area contributed by atoms with Crippen molar-refractivity contribution in [2.75, 3.05) is 26.8 Å². The van der Waals surface area contributed by atoms with Crippen molar-refractivity contribution < 1.29 is 23.9 Å². The lowest BCUT2D eigenvalue weighted by atomic mass is 10.1. The summed E-state index contributed by atoms with van der Waals surface area (Å²) in [6.45, 7) is 5.34. The molecule has 0 atom stereocenters. The van der Waals surface area contributed by atoms with Crippen LogP contribution in [0.5, 0.6) is 11.5 Å². The quantitative estimate of drug-likeness (QED) is 0.694. The third-order valence-corrected chi connectivity index (χ3v) is 4.66. The Hall–Kier alpha value is -3.35. The highest BCUT2D eigenvalue weighted by molar-refractivity contribution is 6.21. The van der Waals surface area contributed by atoms with Crippen LogP contribution in [0.25, 0.3) is 0 Å². The van der Waals surface area contributed by atoms with Gasteiger partial charge < -0.3 is 14.8 Å². The minimum absolute atomic E-state index is 0.262. The molecule has 0 saturated carbocycles. The summed E-state index contributed by atoms with van der Waals surface area (Å²) in [6, 6.07) is 10.3. The SMILES string of the molecule is CCOc1ccc(CCNC(=O)c2ccc3c(c2)C(=O)N(C)C3=O)cc1OCC. The van der Waals surface area contributed by atoms with Gasteiger partial charge in [-0.05, 0) is 56.2 Å². The van der Waals surface area contributed by atoms with E-state index in [4.69, 9.17) is 9.47 Å². The number of benzene rings is 2. The van der Waals surface area contributed by atoms with Crippen molar-refractivity contribution in [2.24, 2.45) is 0 Å². The molecule has 29 heavy (non-hydrogen) atoms. The molecule has 0 aromatic heterocycles. The second kappa shape index (κ2) is 8.77. The van der Waals surface area contributed by atoms with Crippen LogP contribution in [0.3, 0.4) is 0 Å². The van der Waals surface area contributed by atoms with Gasteiger partial charge in [0.05, 0.1) is 24.3 Å². The van der Waals surface area contributed by atoms with Gasteiger partial charge in [0, 0.05) is 19.2 Å². The molecule has 1 aliphatic heterocycles. The van der Waals surface area contributed by atoms with Crippen LogP contribution in [0.2, 0.25) is 0 Å². The molecule has 2 aromatic carbocycles. The number of imide groups is 1. The van der Waals surface area contributed by atoms with Gasteiger partial charge in [-0.3, -0.25) is 19.3 Å². The molecule has 1 heterocycles. The lowest BCUT2D eigenvalue weighted by Gasteiger charge is -2.12. The Kier molecular flexibility index (Phi) is 6.16. The van der Waals surface area contributed by atoms with Crippen molar-refractivity contribution in [1.82, 2.24) is 10.2 Å². The van der Waals surface area contributed by atoms with Gasteiger partial charge >= 0.3 is 0 Å². The summed E-state index contributed by atoms with van der Waals surface area (Å²) >= 11 is 0. The van der Waals surface area contributed by atoms with E-state index in [1.807, 2.05) is 32.0 Å². The molecular formula is C22H24N2O5. The second-order valence-corrected chi connectivity index (χ2v) is 6.58. The molecular weight excluding hydrogens is 372 g/mol. The van der Waals surface area contributed by atoms with Crippen molar-refractivity contribution in [3.05, 3.63) is 58.7 Å². The number of fused-ring (bicyclic) bond motifs is 1. The zero-order valence-electron chi connectivity index (χ0n) is 16.8. The fourth-order valence-corrected chi connectivity index (χ4v) is 3.18. The number of nitrogens with zero attached hydrogens (tertiary/aromatic N) is 1. The van der Waals surface area contributed by atoms with Crippen LogP contribution in [-0.2, 0) is 6.42 Å². The van der Waals surface area contributed by atoms with Crippen molar-refractivity contribution in [2.45, 2.75) is 20.3 Å². The number of hydrogen-bond acceptors (Lipinski definition) is 5. The predicted octanol–water partition coefficient (Wildman–Crippen LogP) is 2.68. The van der Waals surface area contributed by atoms with Crippen LogP contribution in [-0.4, -0.2) is 49.4 Å². The lowest BCUT2D eigenvalue weighted by Crippen LogP contribution is -2.26. The van der Waals surface area contributed by atoms with Crippen LogP contribution >= 0.6 is 0 Å². The average molecular weight is 396 g/mol. The highest BCUT2D eigenvalue weighted by atomic mass is 16.5. The first-order valence-corrected chi connectivity index (χ1v) is 9.59. The summed E-state index contributed by atoms with van der Waals surface area (Å²) in [5, 5.41) is 2.85. The summed E-state index contributed by atoms with van der Waals surface area (Å²) < 4.78 is 11.2. The molecule has 0 saturated heterocycles. The predicted molar refractivity (Wildman–Crippen MR) is 108 cm³/mol. The normalized spacial score (nSPS) is 12.7. The Bertz CT molecular complexity index is 954. The third kappa shape index (κ3) is 4.23.